The van der Waals surface area contributed by atoms with Crippen molar-refractivity contribution in [3.63, 3.8) is 0 Å². The number of ether oxygens (including phenoxy) is 2. The molecule has 0 radical (unpaired) electrons. The number of benzene rings is 2. The average Bonchev–Trinajstić information content (AvgIpc) is 3.59. The Morgan fingerprint density at radius 2 is 1.85 bits per heavy atom. The lowest BCUT2D eigenvalue weighted by atomic mass is 9.94. The summed E-state index contributed by atoms with van der Waals surface area (Å²) in [6.07, 6.45) is 1.65. The SMILES string of the molecule is COc1ccc(C2/C(=C(/O)c3c[nH]c4ccccc34)C(=O)C(=O)N2Cc2cccs2)cc1OC. The van der Waals surface area contributed by atoms with Crippen LogP contribution in [0.25, 0.3) is 16.7 Å². The monoisotopic (exact) mass is 474 g/mol. The number of methoxy groups -OCH3 is 2. The zero-order valence-corrected chi connectivity index (χ0v) is 19.4. The molecule has 7 nitrogen and oxygen atoms in total. The molecular formula is C26H22N2O5S. The Balaban J connectivity index is 1.71. The highest BCUT2D eigenvalue weighted by Crippen LogP contribution is 2.43. The van der Waals surface area contributed by atoms with Crippen LogP contribution in [0.15, 0.2) is 71.7 Å². The fourth-order valence-electron chi connectivity index (χ4n) is 4.40. The van der Waals surface area contributed by atoms with Gasteiger partial charge in [-0.1, -0.05) is 30.3 Å². The molecule has 3 heterocycles. The van der Waals surface area contributed by atoms with Gasteiger partial charge in [-0.15, -0.1) is 11.3 Å². The molecule has 34 heavy (non-hydrogen) atoms. The van der Waals surface area contributed by atoms with Crippen molar-refractivity contribution in [3.8, 4) is 11.5 Å². The molecule has 0 saturated carbocycles. The molecule has 1 amide bonds. The average molecular weight is 475 g/mol. The van der Waals surface area contributed by atoms with Gasteiger partial charge in [0, 0.05) is 27.5 Å². The number of aliphatic hydroxyl groups is 1. The van der Waals surface area contributed by atoms with Crippen molar-refractivity contribution in [1.29, 1.82) is 0 Å². The van der Waals surface area contributed by atoms with E-state index in [0.29, 0.717) is 22.6 Å². The predicted octanol–water partition coefficient (Wildman–Crippen LogP) is 4.87. The maximum absolute atomic E-state index is 13.3. The lowest BCUT2D eigenvalue weighted by Gasteiger charge is -2.25. The number of carbonyl (C=O) groups excluding carboxylic acids is 2. The number of nitrogens with one attached hydrogen (secondary N) is 1. The maximum atomic E-state index is 13.3. The number of aromatic amines is 1. The van der Waals surface area contributed by atoms with Gasteiger partial charge in [0.2, 0.25) is 0 Å². The highest BCUT2D eigenvalue weighted by Gasteiger charge is 2.46. The smallest absolute Gasteiger partial charge is 0.295 e. The molecule has 4 aromatic rings. The van der Waals surface area contributed by atoms with E-state index in [1.165, 1.54) is 30.5 Å². The number of ketones is 1. The van der Waals surface area contributed by atoms with Gasteiger partial charge >= 0.3 is 0 Å². The van der Waals surface area contributed by atoms with Gasteiger partial charge in [0.25, 0.3) is 11.7 Å². The number of H-pyrrole nitrogens is 1. The minimum atomic E-state index is -0.796. The quantitative estimate of drug-likeness (QED) is 0.236. The Bertz CT molecular complexity index is 1420. The van der Waals surface area contributed by atoms with E-state index in [1.54, 1.807) is 24.4 Å². The second kappa shape index (κ2) is 8.72. The molecule has 0 spiro atoms. The first kappa shape index (κ1) is 21.8. The van der Waals surface area contributed by atoms with Gasteiger partial charge < -0.3 is 24.5 Å². The van der Waals surface area contributed by atoms with E-state index < -0.39 is 17.7 Å². The summed E-state index contributed by atoms with van der Waals surface area (Å²) in [4.78, 5) is 32.1. The summed E-state index contributed by atoms with van der Waals surface area (Å²) in [6.45, 7) is 0.242. The number of para-hydroxylation sites is 1. The lowest BCUT2D eigenvalue weighted by molar-refractivity contribution is -0.140. The molecule has 8 heteroatoms. The van der Waals surface area contributed by atoms with Crippen LogP contribution >= 0.6 is 11.3 Å². The van der Waals surface area contributed by atoms with Crippen LogP contribution in [0.2, 0.25) is 0 Å². The van der Waals surface area contributed by atoms with Crippen LogP contribution in [0, 0.1) is 0 Å². The number of Topliss-reactive ketones (excluding diaryl/α,β-unsaturated/α-hetero) is 1. The van der Waals surface area contributed by atoms with Crippen molar-refractivity contribution in [1.82, 2.24) is 9.88 Å². The molecule has 172 valence electrons. The van der Waals surface area contributed by atoms with Crippen molar-refractivity contribution >= 4 is 39.7 Å². The first-order valence-electron chi connectivity index (χ1n) is 10.6. The summed E-state index contributed by atoms with van der Waals surface area (Å²) in [5.74, 6) is -0.607. The molecule has 5 rings (SSSR count). The molecule has 1 aliphatic rings. The molecule has 2 aromatic carbocycles. The van der Waals surface area contributed by atoms with Crippen LogP contribution in [0.1, 0.15) is 22.0 Å². The third-order valence-corrected chi connectivity index (χ3v) is 6.88. The third kappa shape index (κ3) is 3.52. The Kier molecular flexibility index (Phi) is 5.59. The topological polar surface area (TPSA) is 91.9 Å². The summed E-state index contributed by atoms with van der Waals surface area (Å²) in [7, 11) is 3.06. The van der Waals surface area contributed by atoms with Crippen LogP contribution in [-0.4, -0.2) is 40.9 Å². The minimum absolute atomic E-state index is 0.0403. The molecule has 1 atom stereocenters. The fraction of sp³-hybridized carbons (Fsp3) is 0.154. The maximum Gasteiger partial charge on any atom is 0.295 e. The van der Waals surface area contributed by atoms with Crippen molar-refractivity contribution in [3.05, 3.63) is 87.8 Å². The lowest BCUT2D eigenvalue weighted by Crippen LogP contribution is -2.28. The van der Waals surface area contributed by atoms with Gasteiger partial charge in [0.15, 0.2) is 11.5 Å². The van der Waals surface area contributed by atoms with E-state index in [9.17, 15) is 14.7 Å². The number of hydrogen-bond acceptors (Lipinski definition) is 6. The molecule has 2 N–H and O–H groups in total. The van der Waals surface area contributed by atoms with Crippen LogP contribution in [0.5, 0.6) is 11.5 Å². The van der Waals surface area contributed by atoms with Gasteiger partial charge in [0.1, 0.15) is 5.76 Å². The van der Waals surface area contributed by atoms with Crippen LogP contribution < -0.4 is 9.47 Å². The summed E-state index contributed by atoms with van der Waals surface area (Å²) in [5, 5.41) is 14.1. The minimum Gasteiger partial charge on any atom is -0.507 e. The van der Waals surface area contributed by atoms with Crippen molar-refractivity contribution in [2.24, 2.45) is 0 Å². The van der Waals surface area contributed by atoms with Gasteiger partial charge in [-0.3, -0.25) is 9.59 Å². The largest absolute Gasteiger partial charge is 0.507 e. The molecule has 0 bridgehead atoms. The molecule has 1 aliphatic heterocycles. The van der Waals surface area contributed by atoms with E-state index in [1.807, 2.05) is 41.8 Å². The van der Waals surface area contributed by atoms with E-state index in [4.69, 9.17) is 9.47 Å². The van der Waals surface area contributed by atoms with E-state index in [-0.39, 0.29) is 17.9 Å². The Hall–Kier alpha value is -4.04. The summed E-state index contributed by atoms with van der Waals surface area (Å²) >= 11 is 1.50. The van der Waals surface area contributed by atoms with Gasteiger partial charge in [-0.25, -0.2) is 0 Å². The first-order valence-corrected chi connectivity index (χ1v) is 11.5. The highest BCUT2D eigenvalue weighted by atomic mass is 32.1. The number of thiophene rings is 1. The number of carbonyl (C=O) groups is 2. The number of aromatic nitrogens is 1. The number of hydrogen-bond donors (Lipinski definition) is 2. The van der Waals surface area contributed by atoms with Gasteiger partial charge in [-0.05, 0) is 35.2 Å². The number of amides is 1. The summed E-state index contributed by atoms with van der Waals surface area (Å²) in [6, 6.07) is 15.7. The Morgan fingerprint density at radius 3 is 2.59 bits per heavy atom. The van der Waals surface area contributed by atoms with Crippen molar-refractivity contribution in [2.45, 2.75) is 12.6 Å². The van der Waals surface area contributed by atoms with Crippen molar-refractivity contribution < 1.29 is 24.2 Å². The first-order chi connectivity index (χ1) is 16.5. The predicted molar refractivity (Wildman–Crippen MR) is 130 cm³/mol. The molecule has 1 saturated heterocycles. The van der Waals surface area contributed by atoms with E-state index >= 15 is 0 Å². The third-order valence-electron chi connectivity index (χ3n) is 6.01. The summed E-state index contributed by atoms with van der Waals surface area (Å²) in [5.41, 5.74) is 1.96. The molecule has 1 unspecified atom stereocenters. The van der Waals surface area contributed by atoms with Crippen LogP contribution in [0.4, 0.5) is 0 Å². The second-order valence-electron chi connectivity index (χ2n) is 7.87. The number of nitrogens with zero attached hydrogens (tertiary/aromatic N) is 1. The number of rotatable bonds is 6. The molecule has 0 aliphatic carbocycles. The molecule has 1 fully saturated rings. The van der Waals surface area contributed by atoms with Crippen molar-refractivity contribution in [2.75, 3.05) is 14.2 Å². The number of fused-ring (bicyclic) bond motifs is 1. The number of aliphatic hydroxyl groups excluding tert-OH is 1. The Morgan fingerprint density at radius 1 is 1.06 bits per heavy atom. The fourth-order valence-corrected chi connectivity index (χ4v) is 5.10. The van der Waals surface area contributed by atoms with Crippen LogP contribution in [0.3, 0.4) is 0 Å². The zero-order valence-electron chi connectivity index (χ0n) is 18.6. The highest BCUT2D eigenvalue weighted by molar-refractivity contribution is 7.09. The standard InChI is InChI=1S/C26H22N2O5S/c1-32-20-10-9-15(12-21(20)33-2)23-22(24(29)18-13-27-19-8-4-3-7-17(18)19)25(30)26(31)28(23)14-16-6-5-11-34-16/h3-13,23,27,29H,14H2,1-2H3/b24-22-. The second-order valence-corrected chi connectivity index (χ2v) is 8.90. The number of likely N-dealkylation sites (tertiary alicyclic amines) is 1. The normalized spacial score (nSPS) is 17.5. The summed E-state index contributed by atoms with van der Waals surface area (Å²) < 4.78 is 10.8. The van der Waals surface area contributed by atoms with Gasteiger partial charge in [0.05, 0.1) is 32.4 Å². The van der Waals surface area contributed by atoms with E-state index in [2.05, 4.69) is 4.98 Å². The molecular weight excluding hydrogens is 452 g/mol. The Labute approximate surface area is 199 Å². The zero-order chi connectivity index (χ0) is 23.8. The molecule has 2 aromatic heterocycles. The van der Waals surface area contributed by atoms with E-state index in [0.717, 1.165) is 15.8 Å². The van der Waals surface area contributed by atoms with Crippen LogP contribution in [-0.2, 0) is 16.1 Å². The van der Waals surface area contributed by atoms with Gasteiger partial charge in [-0.2, -0.15) is 0 Å².